The van der Waals surface area contributed by atoms with Gasteiger partial charge >= 0.3 is 5.97 Å². The van der Waals surface area contributed by atoms with Gasteiger partial charge in [0.05, 0.1) is 6.10 Å². The predicted molar refractivity (Wildman–Crippen MR) is 119 cm³/mol. The van der Waals surface area contributed by atoms with Gasteiger partial charge in [-0.15, -0.1) is 0 Å². The first-order chi connectivity index (χ1) is 14.1. The van der Waals surface area contributed by atoms with Gasteiger partial charge in [-0.1, -0.05) is 47.0 Å². The summed E-state index contributed by atoms with van der Waals surface area (Å²) in [4.78, 5) is 24.9. The van der Waals surface area contributed by atoms with Crippen molar-refractivity contribution in [2.75, 3.05) is 0 Å². The van der Waals surface area contributed by atoms with Crippen LogP contribution >= 0.6 is 0 Å². The third-order valence-electron chi connectivity index (χ3n) is 9.50. The number of carbonyl (C=O) groups is 2. The molecule has 0 spiro atoms. The second-order valence-electron chi connectivity index (χ2n) is 11.7. The van der Waals surface area contributed by atoms with E-state index in [0.29, 0.717) is 24.7 Å². The average Bonchev–Trinajstić information content (AvgIpc) is 2.99. The molecule has 0 aromatic heterocycles. The maximum absolute atomic E-state index is 13.0. The topological polar surface area (TPSA) is 74.6 Å². The molecule has 3 rings (SSSR count). The number of ketones is 1. The quantitative estimate of drug-likeness (QED) is 0.483. The van der Waals surface area contributed by atoms with Crippen LogP contribution in [-0.4, -0.2) is 28.1 Å². The van der Waals surface area contributed by atoms with Gasteiger partial charge in [0.25, 0.3) is 0 Å². The number of carbonyl (C=O) groups excluding carboxylic acids is 1. The molecular formula is C26H44O4. The van der Waals surface area contributed by atoms with Crippen LogP contribution in [0.15, 0.2) is 0 Å². The molecule has 0 bridgehead atoms. The molecular weight excluding hydrogens is 376 g/mol. The highest BCUT2D eigenvalue weighted by Crippen LogP contribution is 2.64. The van der Waals surface area contributed by atoms with Crippen LogP contribution in [-0.2, 0) is 9.59 Å². The van der Waals surface area contributed by atoms with Crippen LogP contribution in [0.1, 0.15) is 105 Å². The van der Waals surface area contributed by atoms with Crippen molar-refractivity contribution in [3.8, 4) is 0 Å². The standard InChI is InChI=1S/C26H44O4/c1-17(2)7-5-6-8-18-9-10-21-20(16-24(29)30)22(12-14-25(18,21)3)26(4)13-11-19(27)15-23(26)28/h17-22,27H,5-16H2,1-4H3,(H,29,30)/t18-,19-,20-,21?,22?,25+,26+/m0/s1. The Bertz CT molecular complexity index is 629. The van der Waals surface area contributed by atoms with E-state index < -0.39 is 17.5 Å². The van der Waals surface area contributed by atoms with Crippen LogP contribution in [0.3, 0.4) is 0 Å². The number of aliphatic carboxylic acids is 1. The molecule has 3 fully saturated rings. The van der Waals surface area contributed by atoms with Crippen molar-refractivity contribution in [3.05, 3.63) is 0 Å². The van der Waals surface area contributed by atoms with E-state index in [1.54, 1.807) is 0 Å². The van der Waals surface area contributed by atoms with E-state index >= 15 is 0 Å². The number of unbranched alkanes of at least 4 members (excludes halogenated alkanes) is 1. The maximum Gasteiger partial charge on any atom is 0.303 e. The maximum atomic E-state index is 13.0. The third-order valence-corrected chi connectivity index (χ3v) is 9.50. The molecule has 172 valence electrons. The zero-order valence-corrected chi connectivity index (χ0v) is 19.7. The van der Waals surface area contributed by atoms with Crippen LogP contribution in [0.25, 0.3) is 0 Å². The summed E-state index contributed by atoms with van der Waals surface area (Å²) in [6.07, 6.45) is 10.9. The van der Waals surface area contributed by atoms with E-state index in [9.17, 15) is 19.8 Å². The molecule has 4 heteroatoms. The fraction of sp³-hybridized carbons (Fsp3) is 0.923. The van der Waals surface area contributed by atoms with Crippen LogP contribution in [0.4, 0.5) is 0 Å². The number of fused-ring (bicyclic) bond motifs is 1. The minimum Gasteiger partial charge on any atom is -0.481 e. The fourth-order valence-electron chi connectivity index (χ4n) is 7.64. The predicted octanol–water partition coefficient (Wildman–Crippen LogP) is 5.86. The monoisotopic (exact) mass is 420 g/mol. The minimum atomic E-state index is -0.721. The molecule has 30 heavy (non-hydrogen) atoms. The SMILES string of the molecule is CC(C)CCCC[C@H]1CCC2[C@H](CC(=O)O)C([C@@]3(C)CC[C@H](O)CC3=O)CC[C@@]21C. The number of carboxylic acids is 1. The zero-order valence-electron chi connectivity index (χ0n) is 19.7. The van der Waals surface area contributed by atoms with E-state index in [4.69, 9.17) is 0 Å². The highest BCUT2D eigenvalue weighted by atomic mass is 16.4. The van der Waals surface area contributed by atoms with Gasteiger partial charge in [-0.2, -0.15) is 0 Å². The van der Waals surface area contributed by atoms with Gasteiger partial charge in [-0.25, -0.2) is 0 Å². The molecule has 0 saturated heterocycles. The van der Waals surface area contributed by atoms with Crippen molar-refractivity contribution in [3.63, 3.8) is 0 Å². The van der Waals surface area contributed by atoms with Gasteiger partial charge in [0.1, 0.15) is 5.78 Å². The summed E-state index contributed by atoms with van der Waals surface area (Å²) in [5, 5.41) is 19.7. The third kappa shape index (κ3) is 4.64. The Morgan fingerprint density at radius 2 is 1.80 bits per heavy atom. The molecule has 7 atom stereocenters. The van der Waals surface area contributed by atoms with Crippen molar-refractivity contribution < 1.29 is 19.8 Å². The number of hydrogen-bond acceptors (Lipinski definition) is 3. The van der Waals surface area contributed by atoms with Crippen molar-refractivity contribution >= 4 is 11.8 Å². The molecule has 2 N–H and O–H groups in total. The number of hydrogen-bond donors (Lipinski definition) is 2. The van der Waals surface area contributed by atoms with Crippen LogP contribution < -0.4 is 0 Å². The number of aliphatic hydroxyl groups is 1. The largest absolute Gasteiger partial charge is 0.481 e. The molecule has 0 heterocycles. The number of aliphatic hydroxyl groups excluding tert-OH is 1. The number of Topliss-reactive ketones (excluding diaryl/α,β-unsaturated/α-hetero) is 1. The van der Waals surface area contributed by atoms with Gasteiger partial charge in [-0.05, 0) is 80.0 Å². The average molecular weight is 421 g/mol. The Balaban J connectivity index is 1.76. The fourth-order valence-corrected chi connectivity index (χ4v) is 7.64. The molecule has 4 nitrogen and oxygen atoms in total. The summed E-state index contributed by atoms with van der Waals surface area (Å²) in [5.41, 5.74) is -0.238. The lowest BCUT2D eigenvalue weighted by atomic mass is 9.50. The molecule has 3 aliphatic rings. The Kier molecular flexibility index (Phi) is 7.37. The number of rotatable bonds is 8. The first kappa shape index (κ1) is 23.8. The van der Waals surface area contributed by atoms with Crippen molar-refractivity contribution in [2.45, 2.75) is 111 Å². The lowest BCUT2D eigenvalue weighted by Crippen LogP contribution is -2.51. The van der Waals surface area contributed by atoms with Gasteiger partial charge in [0.15, 0.2) is 0 Å². The summed E-state index contributed by atoms with van der Waals surface area (Å²) in [5.74, 6) is 1.55. The molecule has 0 aromatic rings. The summed E-state index contributed by atoms with van der Waals surface area (Å²) < 4.78 is 0. The summed E-state index contributed by atoms with van der Waals surface area (Å²) in [6.45, 7) is 9.08. The van der Waals surface area contributed by atoms with Crippen LogP contribution in [0.2, 0.25) is 0 Å². The molecule has 0 aromatic carbocycles. The molecule has 0 radical (unpaired) electrons. The summed E-state index contributed by atoms with van der Waals surface area (Å²) in [7, 11) is 0. The van der Waals surface area contributed by atoms with E-state index in [0.717, 1.165) is 25.2 Å². The van der Waals surface area contributed by atoms with E-state index in [2.05, 4.69) is 27.7 Å². The Hall–Kier alpha value is -0.900. The zero-order chi connectivity index (χ0) is 22.1. The molecule has 0 aliphatic heterocycles. The van der Waals surface area contributed by atoms with Crippen molar-refractivity contribution in [1.29, 1.82) is 0 Å². The van der Waals surface area contributed by atoms with Gasteiger partial charge in [0, 0.05) is 18.3 Å². The molecule has 0 amide bonds. The lowest BCUT2D eigenvalue weighted by Gasteiger charge is -2.54. The Morgan fingerprint density at radius 3 is 2.43 bits per heavy atom. The first-order valence-corrected chi connectivity index (χ1v) is 12.5. The second kappa shape index (κ2) is 9.30. The van der Waals surface area contributed by atoms with Crippen molar-refractivity contribution in [1.82, 2.24) is 0 Å². The molecule has 2 unspecified atom stereocenters. The summed E-state index contributed by atoms with van der Waals surface area (Å²) in [6, 6.07) is 0. The minimum absolute atomic E-state index is 0.0890. The Labute approximate surface area is 183 Å². The van der Waals surface area contributed by atoms with Crippen LogP contribution in [0.5, 0.6) is 0 Å². The highest BCUT2D eigenvalue weighted by molar-refractivity contribution is 5.86. The van der Waals surface area contributed by atoms with Gasteiger partial charge in [0.2, 0.25) is 0 Å². The lowest BCUT2D eigenvalue weighted by molar-refractivity contribution is -0.151. The molecule has 3 saturated carbocycles. The van der Waals surface area contributed by atoms with E-state index in [-0.39, 0.29) is 35.9 Å². The normalized spacial score (nSPS) is 41.8. The van der Waals surface area contributed by atoms with Gasteiger partial charge in [-0.3, -0.25) is 9.59 Å². The molecule has 3 aliphatic carbocycles. The summed E-state index contributed by atoms with van der Waals surface area (Å²) >= 11 is 0. The van der Waals surface area contributed by atoms with Gasteiger partial charge < -0.3 is 10.2 Å². The highest BCUT2D eigenvalue weighted by Gasteiger charge is 2.58. The van der Waals surface area contributed by atoms with Crippen molar-refractivity contribution in [2.24, 2.45) is 40.4 Å². The number of carboxylic acid groups (broad SMARTS) is 1. The van der Waals surface area contributed by atoms with E-state index in [1.807, 2.05) is 0 Å². The first-order valence-electron chi connectivity index (χ1n) is 12.5. The second-order valence-corrected chi connectivity index (χ2v) is 11.7. The smallest absolute Gasteiger partial charge is 0.303 e. The Morgan fingerprint density at radius 1 is 1.07 bits per heavy atom. The van der Waals surface area contributed by atoms with E-state index in [1.165, 1.54) is 32.1 Å². The van der Waals surface area contributed by atoms with Crippen LogP contribution in [0, 0.1) is 40.4 Å².